The van der Waals surface area contributed by atoms with E-state index in [-0.39, 0.29) is 17.6 Å². The zero-order valence-corrected chi connectivity index (χ0v) is 8.53. The van der Waals surface area contributed by atoms with E-state index >= 15 is 0 Å². The first-order valence-corrected chi connectivity index (χ1v) is 5.18. The van der Waals surface area contributed by atoms with Crippen molar-refractivity contribution in [2.24, 2.45) is 0 Å². The number of carbonyl (C=O) groups excluding carboxylic acids is 1. The van der Waals surface area contributed by atoms with Gasteiger partial charge in [0.2, 0.25) is 0 Å². The molecule has 3 nitrogen and oxygen atoms in total. The first-order valence-electron chi connectivity index (χ1n) is 4.03. The molecule has 12 heavy (non-hydrogen) atoms. The van der Waals surface area contributed by atoms with Gasteiger partial charge >= 0.3 is 5.97 Å². The molecule has 1 aliphatic heterocycles. The maximum absolute atomic E-state index is 11.4. The lowest BCUT2D eigenvalue weighted by atomic mass is 10.2. The van der Waals surface area contributed by atoms with Gasteiger partial charge in [-0.15, -0.1) is 11.8 Å². The van der Waals surface area contributed by atoms with Crippen LogP contribution in [0.4, 0.5) is 0 Å². The highest BCUT2D eigenvalue weighted by atomic mass is 32.2. The Kier molecular flexibility index (Phi) is 3.01. The molecule has 0 radical (unpaired) electrons. The molecule has 1 aliphatic rings. The molecule has 0 aromatic carbocycles. The summed E-state index contributed by atoms with van der Waals surface area (Å²) in [6, 6.07) is -0.103. The van der Waals surface area contributed by atoms with Gasteiger partial charge in [0.05, 0.1) is 0 Å². The second-order valence-corrected chi connectivity index (χ2v) is 4.84. The van der Waals surface area contributed by atoms with Crippen LogP contribution in [-0.4, -0.2) is 29.2 Å². The van der Waals surface area contributed by atoms with Crippen LogP contribution < -0.4 is 5.32 Å². The molecule has 0 aliphatic carbocycles. The smallest absolute Gasteiger partial charge is 0.324 e. The summed E-state index contributed by atoms with van der Waals surface area (Å²) in [5.41, 5.74) is -0.369. The first-order chi connectivity index (χ1) is 5.49. The van der Waals surface area contributed by atoms with Gasteiger partial charge in [-0.1, -0.05) is 0 Å². The number of esters is 1. The Hall–Kier alpha value is -0.220. The van der Waals surface area contributed by atoms with Crippen molar-refractivity contribution in [3.05, 3.63) is 0 Å². The van der Waals surface area contributed by atoms with Gasteiger partial charge < -0.3 is 4.74 Å². The van der Waals surface area contributed by atoms with Gasteiger partial charge in [0.15, 0.2) is 0 Å². The van der Waals surface area contributed by atoms with Gasteiger partial charge in [0.25, 0.3) is 0 Å². The Balaban J connectivity index is 2.37. The molecule has 0 aromatic heterocycles. The van der Waals surface area contributed by atoms with E-state index in [9.17, 15) is 4.79 Å². The predicted molar refractivity (Wildman–Crippen MR) is 50.1 cm³/mol. The largest absolute Gasteiger partial charge is 0.459 e. The van der Waals surface area contributed by atoms with Crippen LogP contribution in [-0.2, 0) is 9.53 Å². The van der Waals surface area contributed by atoms with Gasteiger partial charge in [-0.2, -0.15) is 0 Å². The highest BCUT2D eigenvalue weighted by Crippen LogP contribution is 2.14. The molecule has 1 heterocycles. The zero-order valence-electron chi connectivity index (χ0n) is 7.72. The summed E-state index contributed by atoms with van der Waals surface area (Å²) in [6.07, 6.45) is 0. The monoisotopic (exact) mass is 189 g/mol. The first kappa shape index (κ1) is 9.86. The molecule has 70 valence electrons. The maximum atomic E-state index is 11.4. The van der Waals surface area contributed by atoms with E-state index in [2.05, 4.69) is 5.32 Å². The van der Waals surface area contributed by atoms with Crippen LogP contribution in [0.25, 0.3) is 0 Å². The van der Waals surface area contributed by atoms with Crippen molar-refractivity contribution in [2.45, 2.75) is 32.4 Å². The van der Waals surface area contributed by atoms with E-state index in [0.29, 0.717) is 0 Å². The third-order valence-corrected chi connectivity index (χ3v) is 2.35. The van der Waals surface area contributed by atoms with Crippen molar-refractivity contribution in [1.82, 2.24) is 5.32 Å². The highest BCUT2D eigenvalue weighted by Gasteiger charge is 2.27. The third-order valence-electron chi connectivity index (χ3n) is 1.41. The summed E-state index contributed by atoms with van der Waals surface area (Å²) in [5.74, 6) is 1.55. The number of hydrogen-bond donors (Lipinski definition) is 1. The number of nitrogens with one attached hydrogen (secondary N) is 1. The molecule has 0 bridgehead atoms. The van der Waals surface area contributed by atoms with E-state index in [1.807, 2.05) is 20.8 Å². The Labute approximate surface area is 77.2 Å². The quantitative estimate of drug-likeness (QED) is 0.624. The summed E-state index contributed by atoms with van der Waals surface area (Å²) in [4.78, 5) is 11.4. The van der Waals surface area contributed by atoms with Crippen LogP contribution in [0, 0.1) is 0 Å². The summed E-state index contributed by atoms with van der Waals surface area (Å²) in [6.45, 7) is 5.65. The van der Waals surface area contributed by atoms with Crippen LogP contribution in [0.15, 0.2) is 0 Å². The van der Waals surface area contributed by atoms with Gasteiger partial charge in [0.1, 0.15) is 11.6 Å². The molecule has 0 aromatic rings. The minimum Gasteiger partial charge on any atom is -0.459 e. The summed E-state index contributed by atoms with van der Waals surface area (Å²) in [7, 11) is 0. The molecule has 0 amide bonds. The van der Waals surface area contributed by atoms with Crippen molar-refractivity contribution in [3.8, 4) is 0 Å². The van der Waals surface area contributed by atoms with Crippen LogP contribution in [0.5, 0.6) is 0 Å². The van der Waals surface area contributed by atoms with Crippen molar-refractivity contribution >= 4 is 17.7 Å². The second kappa shape index (κ2) is 3.66. The summed E-state index contributed by atoms with van der Waals surface area (Å²) < 4.78 is 5.21. The lowest BCUT2D eigenvalue weighted by Gasteiger charge is -2.21. The van der Waals surface area contributed by atoms with E-state index < -0.39 is 0 Å². The fraction of sp³-hybridized carbons (Fsp3) is 0.875. The molecular formula is C8H15NO2S. The van der Waals surface area contributed by atoms with Crippen molar-refractivity contribution in [1.29, 1.82) is 0 Å². The average Bonchev–Trinajstić information content (AvgIpc) is 2.32. The summed E-state index contributed by atoms with van der Waals surface area (Å²) >= 11 is 1.72. The lowest BCUT2D eigenvalue weighted by molar-refractivity contribution is -0.156. The van der Waals surface area contributed by atoms with Gasteiger partial charge in [-0.3, -0.25) is 10.1 Å². The van der Waals surface area contributed by atoms with Crippen LogP contribution >= 0.6 is 11.8 Å². The minimum absolute atomic E-state index is 0.103. The average molecular weight is 189 g/mol. The Bertz CT molecular complexity index is 170. The second-order valence-electron chi connectivity index (χ2n) is 3.81. The molecule has 1 rings (SSSR count). The molecule has 4 heteroatoms. The molecule has 1 N–H and O–H groups in total. The number of hydrogen-bond acceptors (Lipinski definition) is 4. The molecule has 1 saturated heterocycles. The Morgan fingerprint density at radius 1 is 1.58 bits per heavy atom. The predicted octanol–water partition coefficient (Wildman–Crippen LogP) is 0.991. The van der Waals surface area contributed by atoms with E-state index in [4.69, 9.17) is 4.74 Å². The normalized spacial score (nSPS) is 24.1. The minimum atomic E-state index is -0.369. The van der Waals surface area contributed by atoms with E-state index in [0.717, 1.165) is 11.6 Å². The van der Waals surface area contributed by atoms with Crippen molar-refractivity contribution in [3.63, 3.8) is 0 Å². The van der Waals surface area contributed by atoms with Crippen LogP contribution in [0.3, 0.4) is 0 Å². The number of ether oxygens (including phenoxy) is 1. The number of carbonyl (C=O) groups is 1. The molecule has 0 unspecified atom stereocenters. The van der Waals surface area contributed by atoms with Gasteiger partial charge in [0, 0.05) is 11.6 Å². The van der Waals surface area contributed by atoms with Gasteiger partial charge in [-0.25, -0.2) is 0 Å². The molecular weight excluding hydrogens is 174 g/mol. The van der Waals surface area contributed by atoms with E-state index in [1.54, 1.807) is 11.8 Å². The number of thioether (sulfide) groups is 1. The van der Waals surface area contributed by atoms with Crippen LogP contribution in [0.1, 0.15) is 20.8 Å². The maximum Gasteiger partial charge on any atom is 0.324 e. The summed E-state index contributed by atoms with van der Waals surface area (Å²) in [5, 5.41) is 3.07. The third kappa shape index (κ3) is 3.03. The Morgan fingerprint density at radius 3 is 2.67 bits per heavy atom. The fourth-order valence-corrected chi connectivity index (χ4v) is 1.85. The molecule has 0 spiro atoms. The van der Waals surface area contributed by atoms with Gasteiger partial charge in [-0.05, 0) is 20.8 Å². The molecule has 0 saturated carbocycles. The highest BCUT2D eigenvalue weighted by molar-refractivity contribution is 7.99. The Morgan fingerprint density at radius 2 is 2.25 bits per heavy atom. The number of rotatable bonds is 1. The fourth-order valence-electron chi connectivity index (χ4n) is 0.920. The van der Waals surface area contributed by atoms with Crippen molar-refractivity contribution in [2.75, 3.05) is 11.6 Å². The van der Waals surface area contributed by atoms with E-state index in [1.165, 1.54) is 0 Å². The zero-order chi connectivity index (χ0) is 9.19. The standard InChI is InChI=1S/C8H15NO2S/c1-8(2,3)11-7(10)6-4-12-5-9-6/h6,9H,4-5H2,1-3H3/t6-/m1/s1. The lowest BCUT2D eigenvalue weighted by Crippen LogP contribution is -2.38. The topological polar surface area (TPSA) is 38.3 Å². The van der Waals surface area contributed by atoms with Crippen LogP contribution in [0.2, 0.25) is 0 Å². The molecule has 1 fully saturated rings. The SMILES string of the molecule is CC(C)(C)OC(=O)[C@H]1CSCN1. The van der Waals surface area contributed by atoms with Crippen molar-refractivity contribution < 1.29 is 9.53 Å². The molecule has 1 atom stereocenters.